The van der Waals surface area contributed by atoms with Crippen molar-refractivity contribution in [1.82, 2.24) is 15.1 Å². The lowest BCUT2D eigenvalue weighted by Crippen LogP contribution is -2.39. The van der Waals surface area contributed by atoms with E-state index in [0.29, 0.717) is 12.5 Å². The van der Waals surface area contributed by atoms with Crippen LogP contribution in [0.5, 0.6) is 0 Å². The molecule has 32 heavy (non-hydrogen) atoms. The number of carbonyl (C=O) groups excluding carboxylic acids is 1. The molecule has 1 N–H and O–H groups in total. The Balaban J connectivity index is 0.00000363. The summed E-state index contributed by atoms with van der Waals surface area (Å²) in [6.07, 6.45) is 1.20. The normalized spacial score (nSPS) is 15.9. The molecule has 0 aliphatic carbocycles. The molecule has 1 saturated heterocycles. The Morgan fingerprint density at radius 2 is 1.81 bits per heavy atom. The molecule has 174 valence electrons. The van der Waals surface area contributed by atoms with Crippen LogP contribution in [0.15, 0.2) is 64.5 Å². The van der Waals surface area contributed by atoms with Crippen molar-refractivity contribution >= 4 is 47.6 Å². The topological polar surface area (TPSA) is 47.9 Å². The van der Waals surface area contributed by atoms with Crippen LogP contribution in [0.1, 0.15) is 36.2 Å². The van der Waals surface area contributed by atoms with Crippen LogP contribution in [0.25, 0.3) is 0 Å². The van der Waals surface area contributed by atoms with Crippen LogP contribution >= 0.6 is 35.7 Å². The fourth-order valence-electron chi connectivity index (χ4n) is 3.86. The molecular weight excluding hydrogens is 531 g/mol. The summed E-state index contributed by atoms with van der Waals surface area (Å²) in [4.78, 5) is 22.5. The number of hydrogen-bond donors (Lipinski definition) is 1. The van der Waals surface area contributed by atoms with Crippen molar-refractivity contribution < 1.29 is 4.79 Å². The number of benzene rings is 2. The van der Waals surface area contributed by atoms with Gasteiger partial charge in [-0.25, -0.2) is 0 Å². The molecule has 0 radical (unpaired) electrons. The lowest BCUT2D eigenvalue weighted by molar-refractivity contribution is 0.0773. The first-order valence-electron chi connectivity index (χ1n) is 11.2. The molecule has 2 aromatic carbocycles. The van der Waals surface area contributed by atoms with Crippen molar-refractivity contribution in [2.24, 2.45) is 10.9 Å². The second-order valence-electron chi connectivity index (χ2n) is 7.80. The van der Waals surface area contributed by atoms with E-state index >= 15 is 0 Å². The summed E-state index contributed by atoms with van der Waals surface area (Å²) in [5.74, 6) is 2.86. The summed E-state index contributed by atoms with van der Waals surface area (Å²) in [6.45, 7) is 8.26. The first kappa shape index (κ1) is 26.5. The summed E-state index contributed by atoms with van der Waals surface area (Å²) >= 11 is 1.94. The van der Waals surface area contributed by atoms with Crippen LogP contribution in [0.2, 0.25) is 0 Å². The molecule has 3 rings (SSSR count). The van der Waals surface area contributed by atoms with Crippen molar-refractivity contribution in [3.63, 3.8) is 0 Å². The zero-order valence-electron chi connectivity index (χ0n) is 19.3. The summed E-state index contributed by atoms with van der Waals surface area (Å²) in [6, 6.07) is 18.5. The summed E-state index contributed by atoms with van der Waals surface area (Å²) < 4.78 is 0. The van der Waals surface area contributed by atoms with E-state index in [2.05, 4.69) is 45.5 Å². The number of guanidine groups is 1. The molecule has 1 aliphatic heterocycles. The molecule has 1 heterocycles. The summed E-state index contributed by atoms with van der Waals surface area (Å²) in [5.41, 5.74) is 1.89. The van der Waals surface area contributed by atoms with Gasteiger partial charge in [-0.1, -0.05) is 30.3 Å². The second kappa shape index (κ2) is 13.7. The predicted molar refractivity (Wildman–Crippen MR) is 146 cm³/mol. The van der Waals surface area contributed by atoms with Crippen LogP contribution in [-0.2, 0) is 6.54 Å². The van der Waals surface area contributed by atoms with E-state index in [1.807, 2.05) is 61.8 Å². The maximum atomic E-state index is 12.5. The van der Waals surface area contributed by atoms with Gasteiger partial charge in [0.15, 0.2) is 5.96 Å². The van der Waals surface area contributed by atoms with Crippen LogP contribution in [0.3, 0.4) is 0 Å². The Morgan fingerprint density at radius 3 is 2.44 bits per heavy atom. The minimum atomic E-state index is 0. The molecule has 0 spiro atoms. The molecular formula is C25H35IN4OS. The fraction of sp³-hybridized carbons (Fsp3) is 0.440. The van der Waals surface area contributed by atoms with Gasteiger partial charge in [0.2, 0.25) is 0 Å². The Bertz CT molecular complexity index is 856. The maximum Gasteiger partial charge on any atom is 0.253 e. The molecule has 7 heteroatoms. The highest BCUT2D eigenvalue weighted by atomic mass is 127. The smallest absolute Gasteiger partial charge is 0.253 e. The fourth-order valence-corrected chi connectivity index (χ4v) is 4.91. The first-order chi connectivity index (χ1) is 15.1. The lowest BCUT2D eigenvalue weighted by atomic mass is 10.1. The monoisotopic (exact) mass is 566 g/mol. The predicted octanol–water partition coefficient (Wildman–Crippen LogP) is 4.98. The third-order valence-electron chi connectivity index (χ3n) is 5.73. The van der Waals surface area contributed by atoms with E-state index in [-0.39, 0.29) is 29.9 Å². The van der Waals surface area contributed by atoms with Gasteiger partial charge < -0.3 is 15.1 Å². The quantitative estimate of drug-likeness (QED) is 0.212. The van der Waals surface area contributed by atoms with Crippen LogP contribution in [0.4, 0.5) is 0 Å². The van der Waals surface area contributed by atoms with Crippen molar-refractivity contribution in [3.8, 4) is 0 Å². The van der Waals surface area contributed by atoms with Crippen molar-refractivity contribution in [2.75, 3.05) is 39.0 Å². The van der Waals surface area contributed by atoms with E-state index in [1.54, 1.807) is 0 Å². The first-order valence-corrected chi connectivity index (χ1v) is 12.1. The minimum Gasteiger partial charge on any atom is -0.352 e. The van der Waals surface area contributed by atoms with Gasteiger partial charge in [-0.2, -0.15) is 0 Å². The number of nitrogens with one attached hydrogen (secondary N) is 1. The average molecular weight is 567 g/mol. The number of aliphatic imine (C=N–C) groups is 1. The molecule has 0 bridgehead atoms. The van der Waals surface area contributed by atoms with Gasteiger partial charge in [-0.05, 0) is 56.0 Å². The minimum absolute atomic E-state index is 0. The SMILES string of the molecule is CCN(CC)C(=O)c1ccc(CNC(=NC)N2CCC(CSc3ccccc3)C2)cc1.I. The van der Waals surface area contributed by atoms with Gasteiger partial charge in [0.1, 0.15) is 0 Å². The molecule has 1 atom stereocenters. The number of halogens is 1. The molecule has 5 nitrogen and oxygen atoms in total. The van der Waals surface area contributed by atoms with Gasteiger partial charge in [-0.3, -0.25) is 9.79 Å². The van der Waals surface area contributed by atoms with Crippen molar-refractivity contribution in [2.45, 2.75) is 31.7 Å². The van der Waals surface area contributed by atoms with Crippen LogP contribution in [0, 0.1) is 5.92 Å². The van der Waals surface area contributed by atoms with Gasteiger partial charge in [0.25, 0.3) is 5.91 Å². The molecule has 1 aliphatic rings. The van der Waals surface area contributed by atoms with E-state index < -0.39 is 0 Å². The standard InChI is InChI=1S/C25H34N4OS.HI/c1-4-28(5-2)24(30)22-13-11-20(12-14-22)17-27-25(26-3)29-16-15-21(18-29)19-31-23-9-7-6-8-10-23;/h6-14,21H,4-5,15-19H2,1-3H3,(H,26,27);1H. The Kier molecular flexibility index (Phi) is 11.4. The third kappa shape index (κ3) is 7.40. The molecule has 0 saturated carbocycles. The number of carbonyl (C=O) groups is 1. The van der Waals surface area contributed by atoms with Gasteiger partial charge in [0, 0.05) is 56.0 Å². The van der Waals surface area contributed by atoms with Crippen molar-refractivity contribution in [1.29, 1.82) is 0 Å². The molecule has 0 aromatic heterocycles. The average Bonchev–Trinajstić information content (AvgIpc) is 3.29. The highest BCUT2D eigenvalue weighted by Gasteiger charge is 2.24. The maximum absolute atomic E-state index is 12.5. The number of likely N-dealkylation sites (tertiary alicyclic amines) is 1. The van der Waals surface area contributed by atoms with Gasteiger partial charge in [0.05, 0.1) is 0 Å². The Hall–Kier alpha value is -1.74. The highest BCUT2D eigenvalue weighted by molar-refractivity contribution is 14.0. The van der Waals surface area contributed by atoms with Gasteiger partial charge in [-0.15, -0.1) is 35.7 Å². The van der Waals surface area contributed by atoms with Gasteiger partial charge >= 0.3 is 0 Å². The number of nitrogens with zero attached hydrogens (tertiary/aromatic N) is 3. The van der Waals surface area contributed by atoms with Crippen LogP contribution in [-0.4, -0.2) is 60.6 Å². The third-order valence-corrected chi connectivity index (χ3v) is 6.97. The van der Waals surface area contributed by atoms with E-state index in [4.69, 9.17) is 0 Å². The van der Waals surface area contributed by atoms with E-state index in [0.717, 1.165) is 49.0 Å². The molecule has 1 amide bonds. The number of thioether (sulfide) groups is 1. The number of amides is 1. The van der Waals surface area contributed by atoms with E-state index in [9.17, 15) is 4.79 Å². The largest absolute Gasteiger partial charge is 0.352 e. The Labute approximate surface area is 214 Å². The molecule has 1 fully saturated rings. The highest BCUT2D eigenvalue weighted by Crippen LogP contribution is 2.25. The second-order valence-corrected chi connectivity index (χ2v) is 8.89. The zero-order valence-corrected chi connectivity index (χ0v) is 22.4. The Morgan fingerprint density at radius 1 is 1.12 bits per heavy atom. The number of hydrogen-bond acceptors (Lipinski definition) is 3. The van der Waals surface area contributed by atoms with Crippen LogP contribution < -0.4 is 5.32 Å². The number of rotatable bonds is 8. The van der Waals surface area contributed by atoms with E-state index in [1.165, 1.54) is 11.3 Å². The summed E-state index contributed by atoms with van der Waals surface area (Å²) in [5, 5.41) is 3.49. The zero-order chi connectivity index (χ0) is 22.1. The lowest BCUT2D eigenvalue weighted by Gasteiger charge is -2.22. The molecule has 2 aromatic rings. The molecule has 1 unspecified atom stereocenters. The summed E-state index contributed by atoms with van der Waals surface area (Å²) in [7, 11) is 1.85. The van der Waals surface area contributed by atoms with Crippen molar-refractivity contribution in [3.05, 3.63) is 65.7 Å².